The fraction of sp³-hybridized carbons (Fsp3) is 0.625. The van der Waals surface area contributed by atoms with Crippen LogP contribution >= 0.6 is 30.8 Å². The Kier molecular flexibility index (Phi) is 5.30. The smallest absolute Gasteiger partial charge is 0.356 e. The molecule has 1 saturated carbocycles. The minimum Gasteiger partial charge on any atom is -0.369 e. The van der Waals surface area contributed by atoms with E-state index < -0.39 is 12.9 Å². The van der Waals surface area contributed by atoms with Crippen LogP contribution in [-0.2, 0) is 13.6 Å². The van der Waals surface area contributed by atoms with Crippen molar-refractivity contribution < 1.29 is 13.6 Å². The Morgan fingerprint density at radius 2 is 1.96 bits per heavy atom. The van der Waals surface area contributed by atoms with Gasteiger partial charge >= 0.3 is 7.60 Å². The third-order valence-electron chi connectivity index (χ3n) is 4.61. The van der Waals surface area contributed by atoms with Crippen molar-refractivity contribution >= 4 is 36.5 Å². The first kappa shape index (κ1) is 17.6. The van der Waals surface area contributed by atoms with Crippen molar-refractivity contribution in [3.63, 3.8) is 0 Å². The highest BCUT2D eigenvalue weighted by atomic mass is 35.5. The highest BCUT2D eigenvalue weighted by molar-refractivity contribution is 7.55. The quantitative estimate of drug-likeness (QED) is 0.647. The summed E-state index contributed by atoms with van der Waals surface area (Å²) in [5.74, 6) is 0. The summed E-state index contributed by atoms with van der Waals surface area (Å²) >= 11 is 12.1. The molecule has 1 aromatic carbocycles. The van der Waals surface area contributed by atoms with Crippen molar-refractivity contribution in [2.24, 2.45) is 0 Å². The molecule has 0 spiro atoms. The van der Waals surface area contributed by atoms with E-state index in [2.05, 4.69) is 5.32 Å². The second-order valence-corrected chi connectivity index (χ2v) is 9.52. The zero-order chi connectivity index (χ0) is 16.5. The van der Waals surface area contributed by atoms with E-state index in [0.29, 0.717) is 16.7 Å². The second kappa shape index (κ2) is 6.93. The number of anilines is 1. The predicted molar refractivity (Wildman–Crippen MR) is 94.6 cm³/mol. The van der Waals surface area contributed by atoms with E-state index in [4.69, 9.17) is 32.2 Å². The number of benzene rings is 1. The average molecular weight is 378 g/mol. The summed E-state index contributed by atoms with van der Waals surface area (Å²) in [6, 6.07) is 5.35. The summed E-state index contributed by atoms with van der Waals surface area (Å²) in [5.41, 5.74) is 0.793. The largest absolute Gasteiger partial charge is 0.369 e. The standard InChI is InChI=1S/C16H22Cl2NO3P/c1-12-7-10-21-23(20,22-12)16(8-3-2-4-9-16)19-13-5-6-14(17)15(18)11-13/h5-6,11-12,19H,2-4,7-10H2,1H3/t12-,23-/m0/s1. The van der Waals surface area contributed by atoms with E-state index in [1.165, 1.54) is 0 Å². The van der Waals surface area contributed by atoms with Gasteiger partial charge in [-0.3, -0.25) is 4.57 Å². The maximum atomic E-state index is 13.5. The van der Waals surface area contributed by atoms with Gasteiger partial charge in [-0.2, -0.15) is 0 Å². The lowest BCUT2D eigenvalue weighted by atomic mass is 9.94. The molecular weight excluding hydrogens is 356 g/mol. The fourth-order valence-electron chi connectivity index (χ4n) is 3.33. The first-order valence-electron chi connectivity index (χ1n) is 8.10. The molecule has 0 amide bonds. The normalized spacial score (nSPS) is 30.8. The maximum Gasteiger partial charge on any atom is 0.356 e. The van der Waals surface area contributed by atoms with Crippen molar-refractivity contribution in [2.75, 3.05) is 11.9 Å². The molecule has 23 heavy (non-hydrogen) atoms. The van der Waals surface area contributed by atoms with E-state index >= 15 is 0 Å². The molecule has 0 aromatic heterocycles. The van der Waals surface area contributed by atoms with Crippen LogP contribution in [0.2, 0.25) is 10.0 Å². The number of rotatable bonds is 3. The molecular formula is C16H22Cl2NO3P. The topological polar surface area (TPSA) is 47.6 Å². The first-order chi connectivity index (χ1) is 10.9. The number of hydrogen-bond donors (Lipinski definition) is 1. The van der Waals surface area contributed by atoms with Crippen LogP contribution in [0.5, 0.6) is 0 Å². The third-order valence-corrected chi connectivity index (χ3v) is 8.11. The van der Waals surface area contributed by atoms with Gasteiger partial charge in [-0.15, -0.1) is 0 Å². The minimum absolute atomic E-state index is 0.0519. The van der Waals surface area contributed by atoms with E-state index in [1.807, 2.05) is 13.0 Å². The van der Waals surface area contributed by atoms with Gasteiger partial charge in [-0.05, 0) is 44.4 Å². The average Bonchev–Trinajstić information content (AvgIpc) is 2.52. The molecule has 1 N–H and O–H groups in total. The fourth-order valence-corrected chi connectivity index (χ4v) is 6.19. The second-order valence-electron chi connectivity index (χ2n) is 6.38. The molecule has 1 aliphatic heterocycles. The SMILES string of the molecule is C[C@H]1CCO[P@@](=O)(C2(Nc3ccc(Cl)c(Cl)c3)CCCCC2)O1. The Morgan fingerprint density at radius 3 is 2.61 bits per heavy atom. The molecule has 1 aliphatic carbocycles. The van der Waals surface area contributed by atoms with Gasteiger partial charge in [0.15, 0.2) is 0 Å². The van der Waals surface area contributed by atoms with Crippen molar-refractivity contribution in [2.45, 2.75) is 56.8 Å². The van der Waals surface area contributed by atoms with Gasteiger partial charge in [0.05, 0.1) is 22.8 Å². The lowest BCUT2D eigenvalue weighted by Crippen LogP contribution is -2.43. The van der Waals surface area contributed by atoms with Crippen LogP contribution in [0.1, 0.15) is 45.4 Å². The summed E-state index contributed by atoms with van der Waals surface area (Å²) in [6.07, 6.45) is 5.38. The summed E-state index contributed by atoms with van der Waals surface area (Å²) in [6.45, 7) is 2.42. The summed E-state index contributed by atoms with van der Waals surface area (Å²) in [4.78, 5) is 0. The summed E-state index contributed by atoms with van der Waals surface area (Å²) in [7, 11) is -3.26. The summed E-state index contributed by atoms with van der Waals surface area (Å²) < 4.78 is 25.1. The molecule has 4 nitrogen and oxygen atoms in total. The van der Waals surface area contributed by atoms with Gasteiger partial charge in [0, 0.05) is 5.69 Å². The van der Waals surface area contributed by atoms with E-state index in [9.17, 15) is 4.57 Å². The molecule has 1 heterocycles. The molecule has 7 heteroatoms. The van der Waals surface area contributed by atoms with Gasteiger partial charge in [0.2, 0.25) is 0 Å². The minimum atomic E-state index is -3.26. The number of halogens is 2. The van der Waals surface area contributed by atoms with E-state index in [1.54, 1.807) is 12.1 Å². The van der Waals surface area contributed by atoms with E-state index in [0.717, 1.165) is 44.2 Å². The first-order valence-corrected chi connectivity index (χ1v) is 10.4. The molecule has 0 bridgehead atoms. The molecule has 0 radical (unpaired) electrons. The molecule has 1 aromatic rings. The molecule has 0 unspecified atom stereocenters. The van der Waals surface area contributed by atoms with Crippen LogP contribution in [0.25, 0.3) is 0 Å². The van der Waals surface area contributed by atoms with Crippen molar-refractivity contribution in [3.05, 3.63) is 28.2 Å². The monoisotopic (exact) mass is 377 g/mol. The zero-order valence-corrected chi connectivity index (χ0v) is 15.6. The Bertz CT molecular complexity index is 619. The van der Waals surface area contributed by atoms with Crippen LogP contribution in [-0.4, -0.2) is 18.0 Å². The maximum absolute atomic E-state index is 13.5. The summed E-state index contributed by atoms with van der Waals surface area (Å²) in [5, 5.41) is 3.73. The van der Waals surface area contributed by atoms with Crippen molar-refractivity contribution in [3.8, 4) is 0 Å². The molecule has 1 saturated heterocycles. The Morgan fingerprint density at radius 1 is 1.22 bits per heavy atom. The zero-order valence-electron chi connectivity index (χ0n) is 13.2. The molecule has 2 aliphatic rings. The molecule has 3 rings (SSSR count). The van der Waals surface area contributed by atoms with Crippen molar-refractivity contribution in [1.82, 2.24) is 0 Å². The molecule has 2 fully saturated rings. The Hall–Kier alpha value is -0.250. The van der Waals surface area contributed by atoms with Crippen LogP contribution in [0.3, 0.4) is 0 Å². The van der Waals surface area contributed by atoms with Crippen LogP contribution in [0.4, 0.5) is 5.69 Å². The van der Waals surface area contributed by atoms with Gasteiger partial charge < -0.3 is 14.4 Å². The lowest BCUT2D eigenvalue weighted by molar-refractivity contribution is 0.0767. The Labute approximate surface area is 147 Å². The number of nitrogens with one attached hydrogen (secondary N) is 1. The van der Waals surface area contributed by atoms with Crippen LogP contribution in [0.15, 0.2) is 18.2 Å². The van der Waals surface area contributed by atoms with Crippen LogP contribution in [0, 0.1) is 0 Å². The van der Waals surface area contributed by atoms with Crippen molar-refractivity contribution in [1.29, 1.82) is 0 Å². The lowest BCUT2D eigenvalue weighted by Gasteiger charge is -2.45. The highest BCUT2D eigenvalue weighted by Crippen LogP contribution is 2.67. The van der Waals surface area contributed by atoms with Gasteiger partial charge in [0.1, 0.15) is 5.28 Å². The predicted octanol–water partition coefficient (Wildman–Crippen LogP) is 6.08. The highest BCUT2D eigenvalue weighted by Gasteiger charge is 2.53. The third kappa shape index (κ3) is 3.57. The Balaban J connectivity index is 1.93. The van der Waals surface area contributed by atoms with Gasteiger partial charge in [-0.25, -0.2) is 0 Å². The van der Waals surface area contributed by atoms with Crippen LogP contribution < -0.4 is 5.32 Å². The van der Waals surface area contributed by atoms with E-state index in [-0.39, 0.29) is 6.10 Å². The molecule has 128 valence electrons. The van der Waals surface area contributed by atoms with Gasteiger partial charge in [0.25, 0.3) is 0 Å². The van der Waals surface area contributed by atoms with Gasteiger partial charge in [-0.1, -0.05) is 42.5 Å². The number of hydrogen-bond acceptors (Lipinski definition) is 4. The molecule has 2 atom stereocenters.